The number of rotatable bonds is 6. The van der Waals surface area contributed by atoms with Crippen LogP contribution in [0.25, 0.3) is 0 Å². The molecule has 1 amide bonds. The average molecular weight is 265 g/mol. The predicted octanol–water partition coefficient (Wildman–Crippen LogP) is 2.42. The minimum atomic E-state index is 0.106. The highest BCUT2D eigenvalue weighted by Gasteiger charge is 2.15. The van der Waals surface area contributed by atoms with Gasteiger partial charge in [0.05, 0.1) is 20.6 Å². The topological polar surface area (TPSA) is 38.8 Å². The van der Waals surface area contributed by atoms with Crippen molar-refractivity contribution in [2.45, 2.75) is 27.2 Å². The molecule has 0 aromatic heterocycles. The number of ether oxygens (including phenoxy) is 2. The Kier molecular flexibility index (Phi) is 5.67. The molecule has 1 aromatic rings. The molecule has 0 bridgehead atoms. The molecule has 0 aliphatic heterocycles. The standard InChI is InChI=1S/C15H23NO3/c1-6-16(7-2)15(17)10-12-9-13(18-4)11(3)8-14(12)19-5/h8-9H,6-7,10H2,1-5H3. The molecule has 4 nitrogen and oxygen atoms in total. The van der Waals surface area contributed by atoms with Crippen molar-refractivity contribution in [3.63, 3.8) is 0 Å². The van der Waals surface area contributed by atoms with Crippen molar-refractivity contribution in [3.8, 4) is 11.5 Å². The van der Waals surface area contributed by atoms with E-state index in [2.05, 4.69) is 0 Å². The van der Waals surface area contributed by atoms with Crippen molar-refractivity contribution in [2.24, 2.45) is 0 Å². The molecule has 0 atom stereocenters. The second-order valence-electron chi connectivity index (χ2n) is 4.38. The fraction of sp³-hybridized carbons (Fsp3) is 0.533. The van der Waals surface area contributed by atoms with Crippen LogP contribution in [0.3, 0.4) is 0 Å². The van der Waals surface area contributed by atoms with E-state index in [1.807, 2.05) is 37.8 Å². The molecule has 4 heteroatoms. The van der Waals surface area contributed by atoms with E-state index < -0.39 is 0 Å². The number of hydrogen-bond acceptors (Lipinski definition) is 3. The molecule has 106 valence electrons. The van der Waals surface area contributed by atoms with Crippen LogP contribution in [0.2, 0.25) is 0 Å². The van der Waals surface area contributed by atoms with Crippen LogP contribution in [-0.2, 0) is 11.2 Å². The summed E-state index contributed by atoms with van der Waals surface area (Å²) in [7, 11) is 3.25. The second kappa shape index (κ2) is 7.02. The van der Waals surface area contributed by atoms with Gasteiger partial charge in [0.2, 0.25) is 5.91 Å². The SMILES string of the molecule is CCN(CC)C(=O)Cc1cc(OC)c(C)cc1OC. The molecule has 0 saturated heterocycles. The fourth-order valence-corrected chi connectivity index (χ4v) is 2.10. The minimum Gasteiger partial charge on any atom is -0.496 e. The maximum atomic E-state index is 12.2. The molecule has 0 spiro atoms. The lowest BCUT2D eigenvalue weighted by Crippen LogP contribution is -2.31. The quantitative estimate of drug-likeness (QED) is 0.793. The highest BCUT2D eigenvalue weighted by atomic mass is 16.5. The molecule has 0 aliphatic carbocycles. The summed E-state index contributed by atoms with van der Waals surface area (Å²) in [6.45, 7) is 7.36. The monoisotopic (exact) mass is 265 g/mol. The van der Waals surface area contributed by atoms with Gasteiger partial charge >= 0.3 is 0 Å². The summed E-state index contributed by atoms with van der Waals surface area (Å²) in [5.41, 5.74) is 1.86. The van der Waals surface area contributed by atoms with E-state index in [1.165, 1.54) is 0 Å². The average Bonchev–Trinajstić information content (AvgIpc) is 2.41. The summed E-state index contributed by atoms with van der Waals surface area (Å²) in [5, 5.41) is 0. The van der Waals surface area contributed by atoms with E-state index >= 15 is 0 Å². The number of methoxy groups -OCH3 is 2. The third-order valence-electron chi connectivity index (χ3n) is 3.26. The van der Waals surface area contributed by atoms with Crippen LogP contribution in [0.5, 0.6) is 11.5 Å². The molecular weight excluding hydrogens is 242 g/mol. The highest BCUT2D eigenvalue weighted by molar-refractivity contribution is 5.79. The summed E-state index contributed by atoms with van der Waals surface area (Å²) in [5.74, 6) is 1.62. The Labute approximate surface area is 115 Å². The predicted molar refractivity (Wildman–Crippen MR) is 75.9 cm³/mol. The van der Waals surface area contributed by atoms with Gasteiger partial charge in [0.25, 0.3) is 0 Å². The lowest BCUT2D eigenvalue weighted by Gasteiger charge is -2.20. The lowest BCUT2D eigenvalue weighted by atomic mass is 10.1. The maximum absolute atomic E-state index is 12.2. The van der Waals surface area contributed by atoms with E-state index in [-0.39, 0.29) is 5.91 Å². The fourth-order valence-electron chi connectivity index (χ4n) is 2.10. The lowest BCUT2D eigenvalue weighted by molar-refractivity contribution is -0.130. The first kappa shape index (κ1) is 15.3. The molecule has 0 saturated carbocycles. The summed E-state index contributed by atoms with van der Waals surface area (Å²) < 4.78 is 10.6. The Hall–Kier alpha value is -1.71. The molecule has 0 unspecified atom stereocenters. The largest absolute Gasteiger partial charge is 0.496 e. The van der Waals surface area contributed by atoms with Crippen molar-refractivity contribution in [1.29, 1.82) is 0 Å². The Bertz CT molecular complexity index is 439. The molecule has 0 heterocycles. The first-order valence-corrected chi connectivity index (χ1v) is 6.56. The van der Waals surface area contributed by atoms with Gasteiger partial charge in [-0.1, -0.05) is 0 Å². The van der Waals surface area contributed by atoms with E-state index in [0.29, 0.717) is 6.42 Å². The van der Waals surface area contributed by atoms with Crippen molar-refractivity contribution < 1.29 is 14.3 Å². The van der Waals surface area contributed by atoms with E-state index in [9.17, 15) is 4.79 Å². The Morgan fingerprint density at radius 2 is 1.68 bits per heavy atom. The van der Waals surface area contributed by atoms with Crippen LogP contribution in [0.15, 0.2) is 12.1 Å². The van der Waals surface area contributed by atoms with Gasteiger partial charge in [0.1, 0.15) is 11.5 Å². The summed E-state index contributed by atoms with van der Waals surface area (Å²) in [6.07, 6.45) is 0.335. The third-order valence-corrected chi connectivity index (χ3v) is 3.26. The molecule has 0 aliphatic rings. The van der Waals surface area contributed by atoms with Crippen LogP contribution in [-0.4, -0.2) is 38.1 Å². The number of aryl methyl sites for hydroxylation is 1. The summed E-state index contributed by atoms with van der Waals surface area (Å²) in [6, 6.07) is 3.79. The number of carbonyl (C=O) groups excluding carboxylic acids is 1. The third kappa shape index (κ3) is 3.63. The summed E-state index contributed by atoms with van der Waals surface area (Å²) in [4.78, 5) is 14.0. The number of hydrogen-bond donors (Lipinski definition) is 0. The zero-order valence-corrected chi connectivity index (χ0v) is 12.4. The van der Waals surface area contributed by atoms with Crippen LogP contribution in [0.4, 0.5) is 0 Å². The van der Waals surface area contributed by atoms with Crippen LogP contribution in [0, 0.1) is 6.92 Å². The second-order valence-corrected chi connectivity index (χ2v) is 4.38. The zero-order valence-electron chi connectivity index (χ0n) is 12.4. The number of carbonyl (C=O) groups is 1. The normalized spacial score (nSPS) is 10.2. The van der Waals surface area contributed by atoms with E-state index in [4.69, 9.17) is 9.47 Å². The molecule has 19 heavy (non-hydrogen) atoms. The van der Waals surface area contributed by atoms with Gasteiger partial charge in [-0.2, -0.15) is 0 Å². The van der Waals surface area contributed by atoms with Crippen molar-refractivity contribution in [2.75, 3.05) is 27.3 Å². The number of likely N-dealkylation sites (N-methyl/N-ethyl adjacent to an activating group) is 1. The molecular formula is C15H23NO3. The summed E-state index contributed by atoms with van der Waals surface area (Å²) >= 11 is 0. The number of amides is 1. The van der Waals surface area contributed by atoms with Crippen LogP contribution >= 0.6 is 0 Å². The zero-order chi connectivity index (χ0) is 14.4. The van der Waals surface area contributed by atoms with E-state index in [1.54, 1.807) is 14.2 Å². The minimum absolute atomic E-state index is 0.106. The Balaban J connectivity index is 3.02. The molecule has 1 aromatic carbocycles. The Morgan fingerprint density at radius 3 is 2.16 bits per heavy atom. The molecule has 0 N–H and O–H groups in total. The van der Waals surface area contributed by atoms with Crippen LogP contribution < -0.4 is 9.47 Å². The van der Waals surface area contributed by atoms with Gasteiger partial charge < -0.3 is 14.4 Å². The van der Waals surface area contributed by atoms with Crippen LogP contribution in [0.1, 0.15) is 25.0 Å². The van der Waals surface area contributed by atoms with Gasteiger partial charge in [-0.25, -0.2) is 0 Å². The molecule has 0 radical (unpaired) electrons. The van der Waals surface area contributed by atoms with Gasteiger partial charge in [-0.3, -0.25) is 4.79 Å². The van der Waals surface area contributed by atoms with Gasteiger partial charge in [0, 0.05) is 18.7 Å². The molecule has 0 fully saturated rings. The Morgan fingerprint density at radius 1 is 1.11 bits per heavy atom. The number of nitrogens with zero attached hydrogens (tertiary/aromatic N) is 1. The maximum Gasteiger partial charge on any atom is 0.227 e. The van der Waals surface area contributed by atoms with Crippen molar-refractivity contribution in [1.82, 2.24) is 4.90 Å². The highest BCUT2D eigenvalue weighted by Crippen LogP contribution is 2.28. The van der Waals surface area contributed by atoms with Gasteiger partial charge in [0.15, 0.2) is 0 Å². The molecule has 1 rings (SSSR count). The van der Waals surface area contributed by atoms with Crippen molar-refractivity contribution >= 4 is 5.91 Å². The van der Waals surface area contributed by atoms with Gasteiger partial charge in [-0.15, -0.1) is 0 Å². The smallest absolute Gasteiger partial charge is 0.227 e. The first-order valence-electron chi connectivity index (χ1n) is 6.56. The van der Waals surface area contributed by atoms with E-state index in [0.717, 1.165) is 35.7 Å². The first-order chi connectivity index (χ1) is 9.07. The van der Waals surface area contributed by atoms with Crippen molar-refractivity contribution in [3.05, 3.63) is 23.3 Å². The number of benzene rings is 1. The van der Waals surface area contributed by atoms with Gasteiger partial charge in [-0.05, 0) is 38.5 Å².